The summed E-state index contributed by atoms with van der Waals surface area (Å²) in [6, 6.07) is 0.457. The predicted molar refractivity (Wildman–Crippen MR) is 39.4 cm³/mol. The standard InChI is InChI=1S/C7H14N2O/c1-5-4-6(8)2-3-7(10)9-5/h5-6H,2-4,8H2,1H3,(H,9,10). The Labute approximate surface area is 61.0 Å². The summed E-state index contributed by atoms with van der Waals surface area (Å²) in [6.45, 7) is 1.99. The van der Waals surface area contributed by atoms with Gasteiger partial charge in [0, 0.05) is 18.5 Å². The first-order valence-corrected chi connectivity index (χ1v) is 3.73. The second-order valence-corrected chi connectivity index (χ2v) is 3.00. The molecule has 0 saturated carbocycles. The quantitative estimate of drug-likeness (QED) is 0.500. The number of carbonyl (C=O) groups excluding carboxylic acids is 1. The summed E-state index contributed by atoms with van der Waals surface area (Å²) in [5.74, 6) is 0.139. The van der Waals surface area contributed by atoms with Gasteiger partial charge >= 0.3 is 0 Å². The molecule has 58 valence electrons. The summed E-state index contributed by atoms with van der Waals surface area (Å²) in [5.41, 5.74) is 5.70. The average molecular weight is 142 g/mol. The van der Waals surface area contributed by atoms with Crippen LogP contribution in [0.25, 0.3) is 0 Å². The lowest BCUT2D eigenvalue weighted by Crippen LogP contribution is -2.32. The molecule has 0 aromatic rings. The lowest BCUT2D eigenvalue weighted by Gasteiger charge is -2.11. The number of rotatable bonds is 0. The van der Waals surface area contributed by atoms with Crippen LogP contribution in [-0.2, 0) is 4.79 Å². The minimum atomic E-state index is 0.139. The summed E-state index contributed by atoms with van der Waals surface area (Å²) in [4.78, 5) is 10.9. The van der Waals surface area contributed by atoms with Crippen molar-refractivity contribution >= 4 is 5.91 Å². The molecule has 1 fully saturated rings. The van der Waals surface area contributed by atoms with Gasteiger partial charge in [0.2, 0.25) is 5.91 Å². The van der Waals surface area contributed by atoms with E-state index in [0.29, 0.717) is 6.42 Å². The lowest BCUT2D eigenvalue weighted by molar-refractivity contribution is -0.121. The third kappa shape index (κ3) is 1.99. The van der Waals surface area contributed by atoms with Crippen molar-refractivity contribution in [3.8, 4) is 0 Å². The molecule has 1 heterocycles. The maximum Gasteiger partial charge on any atom is 0.220 e. The average Bonchev–Trinajstić information content (AvgIpc) is 1.93. The second-order valence-electron chi connectivity index (χ2n) is 3.00. The fraction of sp³-hybridized carbons (Fsp3) is 0.857. The van der Waals surface area contributed by atoms with Crippen LogP contribution in [0.4, 0.5) is 0 Å². The van der Waals surface area contributed by atoms with Crippen LogP contribution in [0.2, 0.25) is 0 Å². The van der Waals surface area contributed by atoms with Crippen LogP contribution in [0, 0.1) is 0 Å². The highest BCUT2D eigenvalue weighted by molar-refractivity contribution is 5.76. The predicted octanol–water partition coefficient (Wildman–Crippen LogP) is 0.00230. The van der Waals surface area contributed by atoms with E-state index >= 15 is 0 Å². The fourth-order valence-corrected chi connectivity index (χ4v) is 1.29. The minimum absolute atomic E-state index is 0.139. The minimum Gasteiger partial charge on any atom is -0.354 e. The normalized spacial score (nSPS) is 34.8. The number of hydrogen-bond donors (Lipinski definition) is 2. The Morgan fingerprint density at radius 3 is 3.10 bits per heavy atom. The molecule has 10 heavy (non-hydrogen) atoms. The highest BCUT2D eigenvalue weighted by atomic mass is 16.1. The van der Waals surface area contributed by atoms with Gasteiger partial charge in [0.15, 0.2) is 0 Å². The Morgan fingerprint density at radius 2 is 2.40 bits per heavy atom. The molecule has 0 radical (unpaired) electrons. The SMILES string of the molecule is CC1CC(N)CCC(=O)N1. The van der Waals surface area contributed by atoms with Gasteiger partial charge in [-0.15, -0.1) is 0 Å². The highest BCUT2D eigenvalue weighted by Gasteiger charge is 2.16. The van der Waals surface area contributed by atoms with E-state index in [-0.39, 0.29) is 18.0 Å². The Hall–Kier alpha value is -0.570. The maximum atomic E-state index is 10.9. The van der Waals surface area contributed by atoms with Crippen LogP contribution in [0.5, 0.6) is 0 Å². The van der Waals surface area contributed by atoms with Crippen molar-refractivity contribution in [1.82, 2.24) is 5.32 Å². The Bertz CT molecular complexity index is 136. The lowest BCUT2D eigenvalue weighted by atomic mass is 10.1. The molecule has 2 atom stereocenters. The Morgan fingerprint density at radius 1 is 1.70 bits per heavy atom. The zero-order chi connectivity index (χ0) is 7.56. The molecule has 3 nitrogen and oxygen atoms in total. The van der Waals surface area contributed by atoms with E-state index in [0.717, 1.165) is 12.8 Å². The number of amides is 1. The van der Waals surface area contributed by atoms with Crippen LogP contribution >= 0.6 is 0 Å². The van der Waals surface area contributed by atoms with Gasteiger partial charge in [-0.05, 0) is 19.8 Å². The summed E-state index contributed by atoms with van der Waals surface area (Å²) in [7, 11) is 0. The molecule has 1 rings (SSSR count). The van der Waals surface area contributed by atoms with Crippen LogP contribution < -0.4 is 11.1 Å². The van der Waals surface area contributed by atoms with Gasteiger partial charge in [-0.1, -0.05) is 0 Å². The number of nitrogens with two attached hydrogens (primary N) is 1. The molecule has 3 heteroatoms. The van der Waals surface area contributed by atoms with Crippen LogP contribution in [0.15, 0.2) is 0 Å². The van der Waals surface area contributed by atoms with E-state index in [1.807, 2.05) is 6.92 Å². The fourth-order valence-electron chi connectivity index (χ4n) is 1.29. The van der Waals surface area contributed by atoms with E-state index in [1.165, 1.54) is 0 Å². The highest BCUT2D eigenvalue weighted by Crippen LogP contribution is 2.07. The first-order valence-electron chi connectivity index (χ1n) is 3.73. The van der Waals surface area contributed by atoms with E-state index in [1.54, 1.807) is 0 Å². The van der Waals surface area contributed by atoms with Gasteiger partial charge in [0.25, 0.3) is 0 Å². The molecule has 2 unspecified atom stereocenters. The van der Waals surface area contributed by atoms with Gasteiger partial charge in [-0.2, -0.15) is 0 Å². The van der Waals surface area contributed by atoms with Crippen LogP contribution in [-0.4, -0.2) is 18.0 Å². The third-order valence-electron chi connectivity index (χ3n) is 1.81. The van der Waals surface area contributed by atoms with Crippen molar-refractivity contribution in [2.24, 2.45) is 5.73 Å². The molecule has 1 aliphatic rings. The molecule has 0 spiro atoms. The molecule has 1 amide bonds. The van der Waals surface area contributed by atoms with E-state index < -0.39 is 0 Å². The number of carbonyl (C=O) groups is 1. The van der Waals surface area contributed by atoms with Crippen LogP contribution in [0.1, 0.15) is 26.2 Å². The molecule has 0 bridgehead atoms. The summed E-state index contributed by atoms with van der Waals surface area (Å²) in [6.07, 6.45) is 2.33. The molecule has 0 aromatic heterocycles. The third-order valence-corrected chi connectivity index (χ3v) is 1.81. The van der Waals surface area contributed by atoms with Gasteiger partial charge in [-0.25, -0.2) is 0 Å². The van der Waals surface area contributed by atoms with Gasteiger partial charge < -0.3 is 11.1 Å². The van der Waals surface area contributed by atoms with Crippen molar-refractivity contribution in [3.63, 3.8) is 0 Å². The van der Waals surface area contributed by atoms with E-state index in [4.69, 9.17) is 5.73 Å². The Balaban J connectivity index is 2.46. The summed E-state index contributed by atoms with van der Waals surface area (Å²) in [5, 5.41) is 2.85. The second kappa shape index (κ2) is 3.01. The van der Waals surface area contributed by atoms with Crippen molar-refractivity contribution in [2.45, 2.75) is 38.3 Å². The smallest absolute Gasteiger partial charge is 0.220 e. The largest absolute Gasteiger partial charge is 0.354 e. The molecule has 0 aromatic carbocycles. The van der Waals surface area contributed by atoms with Gasteiger partial charge in [0.05, 0.1) is 0 Å². The first-order chi connectivity index (χ1) is 4.68. The summed E-state index contributed by atoms with van der Waals surface area (Å²) < 4.78 is 0. The topological polar surface area (TPSA) is 55.1 Å². The molecule has 3 N–H and O–H groups in total. The maximum absolute atomic E-state index is 10.9. The molecular weight excluding hydrogens is 128 g/mol. The number of hydrogen-bond acceptors (Lipinski definition) is 2. The zero-order valence-electron chi connectivity index (χ0n) is 6.26. The monoisotopic (exact) mass is 142 g/mol. The molecule has 1 aliphatic heterocycles. The Kier molecular flexibility index (Phi) is 2.27. The first kappa shape index (κ1) is 7.54. The van der Waals surface area contributed by atoms with Crippen molar-refractivity contribution in [3.05, 3.63) is 0 Å². The van der Waals surface area contributed by atoms with Gasteiger partial charge in [0.1, 0.15) is 0 Å². The van der Waals surface area contributed by atoms with Crippen LogP contribution in [0.3, 0.4) is 0 Å². The van der Waals surface area contributed by atoms with E-state index in [2.05, 4.69) is 5.32 Å². The van der Waals surface area contributed by atoms with Gasteiger partial charge in [-0.3, -0.25) is 4.79 Å². The summed E-state index contributed by atoms with van der Waals surface area (Å²) >= 11 is 0. The van der Waals surface area contributed by atoms with Crippen molar-refractivity contribution in [1.29, 1.82) is 0 Å². The number of nitrogens with one attached hydrogen (secondary N) is 1. The van der Waals surface area contributed by atoms with E-state index in [9.17, 15) is 4.79 Å². The molecule has 1 saturated heterocycles. The molecule has 0 aliphatic carbocycles. The molecular formula is C7H14N2O. The van der Waals surface area contributed by atoms with Crippen molar-refractivity contribution in [2.75, 3.05) is 0 Å². The zero-order valence-corrected chi connectivity index (χ0v) is 6.26. The van der Waals surface area contributed by atoms with Crippen molar-refractivity contribution < 1.29 is 4.79 Å².